The first-order chi connectivity index (χ1) is 8.00. The van der Waals surface area contributed by atoms with Gasteiger partial charge in [-0.05, 0) is 33.6 Å². The quantitative estimate of drug-likeness (QED) is 0.810. The molecule has 4 heteroatoms. The van der Waals surface area contributed by atoms with E-state index in [4.69, 9.17) is 4.42 Å². The molecule has 1 aliphatic heterocycles. The van der Waals surface area contributed by atoms with Gasteiger partial charge in [0.2, 0.25) is 0 Å². The SMILES string of the molecule is Cc1oc(C)c(C(=O)N2CCC[C@H](O)C2)c1C. The Balaban J connectivity index is 2.24. The number of aliphatic hydroxyl groups excluding tert-OH is 1. The molecule has 1 amide bonds. The summed E-state index contributed by atoms with van der Waals surface area (Å²) in [4.78, 5) is 14.1. The Labute approximate surface area is 101 Å². The predicted octanol–water partition coefficient (Wildman–Crippen LogP) is 1.80. The summed E-state index contributed by atoms with van der Waals surface area (Å²) in [6.45, 7) is 6.73. The van der Waals surface area contributed by atoms with Crippen LogP contribution in [0.5, 0.6) is 0 Å². The van der Waals surface area contributed by atoms with E-state index in [9.17, 15) is 9.90 Å². The van der Waals surface area contributed by atoms with Crippen LogP contribution in [0.1, 0.15) is 40.3 Å². The van der Waals surface area contributed by atoms with Crippen LogP contribution >= 0.6 is 0 Å². The minimum Gasteiger partial charge on any atom is -0.466 e. The number of hydrogen-bond donors (Lipinski definition) is 1. The zero-order valence-electron chi connectivity index (χ0n) is 10.6. The molecule has 1 fully saturated rings. The van der Waals surface area contributed by atoms with Gasteiger partial charge in [0.1, 0.15) is 11.5 Å². The molecule has 0 saturated carbocycles. The van der Waals surface area contributed by atoms with Crippen molar-refractivity contribution in [3.8, 4) is 0 Å². The number of β-amino-alcohol motifs (C(OH)–C–C–N with tert-alkyl or cyclic N) is 1. The average molecular weight is 237 g/mol. The van der Waals surface area contributed by atoms with Gasteiger partial charge in [-0.3, -0.25) is 4.79 Å². The number of nitrogens with zero attached hydrogens (tertiary/aromatic N) is 1. The molecule has 0 spiro atoms. The van der Waals surface area contributed by atoms with Crippen LogP contribution in [-0.2, 0) is 0 Å². The summed E-state index contributed by atoms with van der Waals surface area (Å²) >= 11 is 0. The van der Waals surface area contributed by atoms with E-state index in [2.05, 4.69) is 0 Å². The van der Waals surface area contributed by atoms with Crippen LogP contribution in [0.4, 0.5) is 0 Å². The van der Waals surface area contributed by atoms with E-state index in [0.717, 1.165) is 30.7 Å². The molecule has 4 nitrogen and oxygen atoms in total. The highest BCUT2D eigenvalue weighted by Gasteiger charge is 2.27. The summed E-state index contributed by atoms with van der Waals surface area (Å²) < 4.78 is 5.47. The highest BCUT2D eigenvalue weighted by atomic mass is 16.3. The first kappa shape index (κ1) is 12.2. The van der Waals surface area contributed by atoms with Crippen molar-refractivity contribution in [1.82, 2.24) is 4.90 Å². The molecule has 0 aromatic carbocycles. The van der Waals surface area contributed by atoms with Crippen molar-refractivity contribution in [3.05, 3.63) is 22.6 Å². The molecule has 0 radical (unpaired) electrons. The molecular formula is C13H19NO3. The molecule has 2 heterocycles. The predicted molar refractivity (Wildman–Crippen MR) is 64.1 cm³/mol. The second kappa shape index (κ2) is 4.53. The average Bonchev–Trinajstić information content (AvgIpc) is 2.52. The van der Waals surface area contributed by atoms with Gasteiger partial charge in [0.15, 0.2) is 0 Å². The topological polar surface area (TPSA) is 53.7 Å². The Kier molecular flexibility index (Phi) is 3.24. The number of aliphatic hydroxyl groups is 1. The second-order valence-corrected chi connectivity index (χ2v) is 4.76. The van der Waals surface area contributed by atoms with E-state index in [1.165, 1.54) is 0 Å². The van der Waals surface area contributed by atoms with Gasteiger partial charge in [-0.25, -0.2) is 0 Å². The van der Waals surface area contributed by atoms with E-state index >= 15 is 0 Å². The molecule has 0 bridgehead atoms. The number of rotatable bonds is 1. The van der Waals surface area contributed by atoms with Crippen molar-refractivity contribution in [3.63, 3.8) is 0 Å². The number of furan rings is 1. The third-order valence-corrected chi connectivity index (χ3v) is 3.46. The van der Waals surface area contributed by atoms with Crippen LogP contribution in [-0.4, -0.2) is 35.1 Å². The van der Waals surface area contributed by atoms with E-state index in [0.29, 0.717) is 17.9 Å². The number of hydrogen-bond acceptors (Lipinski definition) is 3. The molecule has 1 atom stereocenters. The van der Waals surface area contributed by atoms with Gasteiger partial charge >= 0.3 is 0 Å². The van der Waals surface area contributed by atoms with Gasteiger partial charge in [0, 0.05) is 18.7 Å². The van der Waals surface area contributed by atoms with Crippen LogP contribution in [0.15, 0.2) is 4.42 Å². The lowest BCUT2D eigenvalue weighted by atomic mass is 10.0. The zero-order valence-corrected chi connectivity index (χ0v) is 10.6. The fourth-order valence-electron chi connectivity index (χ4n) is 2.41. The van der Waals surface area contributed by atoms with Gasteiger partial charge in [0.25, 0.3) is 5.91 Å². The minimum absolute atomic E-state index is 0.0180. The fraction of sp³-hybridized carbons (Fsp3) is 0.615. The van der Waals surface area contributed by atoms with Crippen LogP contribution in [0.2, 0.25) is 0 Å². The number of amides is 1. The highest BCUT2D eigenvalue weighted by molar-refractivity contribution is 5.97. The Morgan fingerprint density at radius 2 is 2.06 bits per heavy atom. The first-order valence-corrected chi connectivity index (χ1v) is 6.04. The van der Waals surface area contributed by atoms with Crippen LogP contribution in [0, 0.1) is 20.8 Å². The highest BCUT2D eigenvalue weighted by Crippen LogP contribution is 2.23. The fourth-order valence-corrected chi connectivity index (χ4v) is 2.41. The van der Waals surface area contributed by atoms with Gasteiger partial charge in [-0.2, -0.15) is 0 Å². The molecule has 0 aliphatic carbocycles. The largest absolute Gasteiger partial charge is 0.466 e. The number of aryl methyl sites for hydroxylation is 2. The summed E-state index contributed by atoms with van der Waals surface area (Å²) in [5.41, 5.74) is 1.57. The van der Waals surface area contributed by atoms with Crippen LogP contribution in [0.3, 0.4) is 0 Å². The number of likely N-dealkylation sites (tertiary alicyclic amines) is 1. The summed E-state index contributed by atoms with van der Waals surface area (Å²) in [5.74, 6) is 1.45. The lowest BCUT2D eigenvalue weighted by molar-refractivity contribution is 0.0471. The minimum atomic E-state index is -0.388. The van der Waals surface area contributed by atoms with Gasteiger partial charge in [0.05, 0.1) is 11.7 Å². The number of piperidine rings is 1. The van der Waals surface area contributed by atoms with E-state index < -0.39 is 0 Å². The number of carbonyl (C=O) groups is 1. The molecule has 1 aliphatic rings. The van der Waals surface area contributed by atoms with Gasteiger partial charge < -0.3 is 14.4 Å². The monoisotopic (exact) mass is 237 g/mol. The zero-order chi connectivity index (χ0) is 12.6. The maximum atomic E-state index is 12.4. The lowest BCUT2D eigenvalue weighted by Gasteiger charge is -2.30. The molecule has 1 aromatic rings. The molecule has 2 rings (SSSR count). The third-order valence-electron chi connectivity index (χ3n) is 3.46. The second-order valence-electron chi connectivity index (χ2n) is 4.76. The lowest BCUT2D eigenvalue weighted by Crippen LogP contribution is -2.42. The summed E-state index contributed by atoms with van der Waals surface area (Å²) in [5, 5.41) is 9.60. The molecule has 17 heavy (non-hydrogen) atoms. The van der Waals surface area contributed by atoms with Crippen LogP contribution < -0.4 is 0 Å². The van der Waals surface area contributed by atoms with Crippen molar-refractivity contribution in [2.75, 3.05) is 13.1 Å². The summed E-state index contributed by atoms with van der Waals surface area (Å²) in [7, 11) is 0. The standard InChI is InChI=1S/C13H19NO3/c1-8-9(2)17-10(3)12(8)13(16)14-6-4-5-11(15)7-14/h11,15H,4-7H2,1-3H3/t11-/m0/s1. The maximum Gasteiger partial charge on any atom is 0.257 e. The van der Waals surface area contributed by atoms with Crippen molar-refractivity contribution >= 4 is 5.91 Å². The number of carbonyl (C=O) groups excluding carboxylic acids is 1. The molecule has 1 saturated heterocycles. The van der Waals surface area contributed by atoms with Crippen molar-refractivity contribution < 1.29 is 14.3 Å². The maximum absolute atomic E-state index is 12.4. The molecule has 1 N–H and O–H groups in total. The molecular weight excluding hydrogens is 218 g/mol. The van der Waals surface area contributed by atoms with Gasteiger partial charge in [-0.15, -0.1) is 0 Å². The Bertz CT molecular complexity index is 436. The normalized spacial score (nSPS) is 20.7. The Morgan fingerprint density at radius 3 is 2.59 bits per heavy atom. The molecule has 0 unspecified atom stereocenters. The van der Waals surface area contributed by atoms with Crippen molar-refractivity contribution in [2.45, 2.75) is 39.7 Å². The summed E-state index contributed by atoms with van der Waals surface area (Å²) in [6.07, 6.45) is 1.26. The molecule has 94 valence electrons. The first-order valence-electron chi connectivity index (χ1n) is 6.04. The molecule has 1 aromatic heterocycles. The Hall–Kier alpha value is -1.29. The van der Waals surface area contributed by atoms with E-state index in [-0.39, 0.29) is 12.0 Å². The smallest absolute Gasteiger partial charge is 0.257 e. The third kappa shape index (κ3) is 2.22. The van der Waals surface area contributed by atoms with Crippen LogP contribution in [0.25, 0.3) is 0 Å². The van der Waals surface area contributed by atoms with E-state index in [1.807, 2.05) is 20.8 Å². The van der Waals surface area contributed by atoms with E-state index in [1.54, 1.807) is 4.90 Å². The Morgan fingerprint density at radius 1 is 1.35 bits per heavy atom. The summed E-state index contributed by atoms with van der Waals surface area (Å²) in [6, 6.07) is 0. The van der Waals surface area contributed by atoms with Gasteiger partial charge in [-0.1, -0.05) is 0 Å². The van der Waals surface area contributed by atoms with Crippen molar-refractivity contribution in [2.24, 2.45) is 0 Å². The van der Waals surface area contributed by atoms with Crippen molar-refractivity contribution in [1.29, 1.82) is 0 Å².